The highest BCUT2D eigenvalue weighted by Gasteiger charge is 2.13. The molecule has 0 aliphatic carbocycles. The molecule has 17 heavy (non-hydrogen) atoms. The third-order valence-electron chi connectivity index (χ3n) is 3.24. The van der Waals surface area contributed by atoms with Gasteiger partial charge in [-0.15, -0.1) is 0 Å². The van der Waals surface area contributed by atoms with Crippen molar-refractivity contribution < 1.29 is 4.79 Å². The Morgan fingerprint density at radius 2 is 1.94 bits per heavy atom. The molecule has 2 rings (SSSR count). The molecule has 1 amide bonds. The predicted octanol–water partition coefficient (Wildman–Crippen LogP) is 2.42. The summed E-state index contributed by atoms with van der Waals surface area (Å²) in [6.07, 6.45) is 3.74. The number of hydrogen-bond donors (Lipinski definition) is 1. The summed E-state index contributed by atoms with van der Waals surface area (Å²) < 4.78 is 0. The van der Waals surface area contributed by atoms with Crippen molar-refractivity contribution in [3.63, 3.8) is 0 Å². The van der Waals surface area contributed by atoms with E-state index in [2.05, 4.69) is 10.2 Å². The molecule has 0 radical (unpaired) electrons. The van der Waals surface area contributed by atoms with Gasteiger partial charge in [0.15, 0.2) is 0 Å². The maximum atomic E-state index is 11.9. The van der Waals surface area contributed by atoms with Crippen LogP contribution in [-0.4, -0.2) is 30.4 Å². The number of anilines is 1. The number of carbonyl (C=O) groups excluding carboxylic acids is 1. The molecule has 1 saturated heterocycles. The summed E-state index contributed by atoms with van der Waals surface area (Å²) in [6, 6.07) is 7.89. The summed E-state index contributed by atoms with van der Waals surface area (Å²) >= 11 is 0. The molecule has 0 bridgehead atoms. The monoisotopic (exact) mass is 232 g/mol. The highest BCUT2D eigenvalue weighted by molar-refractivity contribution is 5.92. The van der Waals surface area contributed by atoms with Crippen molar-refractivity contribution in [2.75, 3.05) is 25.0 Å². The first-order valence-corrected chi connectivity index (χ1v) is 6.33. The summed E-state index contributed by atoms with van der Waals surface area (Å²) in [5.74, 6) is 0.0983. The minimum absolute atomic E-state index is 0.0983. The average molecular weight is 232 g/mol. The molecule has 0 saturated carbocycles. The fourth-order valence-corrected chi connectivity index (χ4v) is 2.22. The first-order chi connectivity index (χ1) is 8.25. The van der Waals surface area contributed by atoms with Gasteiger partial charge in [0.1, 0.15) is 0 Å². The molecule has 0 atom stereocenters. The number of para-hydroxylation sites is 1. The van der Waals surface area contributed by atoms with Crippen LogP contribution in [0.5, 0.6) is 0 Å². The Bertz CT molecular complexity index is 384. The average Bonchev–Trinajstić information content (AvgIpc) is 2.33. The maximum absolute atomic E-state index is 11.9. The van der Waals surface area contributed by atoms with Gasteiger partial charge in [-0.05, 0) is 44.5 Å². The molecule has 92 valence electrons. The van der Waals surface area contributed by atoms with Gasteiger partial charge in [-0.25, -0.2) is 0 Å². The van der Waals surface area contributed by atoms with Crippen LogP contribution >= 0.6 is 0 Å². The highest BCUT2D eigenvalue weighted by atomic mass is 16.2. The minimum Gasteiger partial charge on any atom is -0.325 e. The molecular weight excluding hydrogens is 212 g/mol. The van der Waals surface area contributed by atoms with Crippen LogP contribution in [0, 0.1) is 6.92 Å². The predicted molar refractivity (Wildman–Crippen MR) is 70.1 cm³/mol. The van der Waals surface area contributed by atoms with Crippen LogP contribution in [0.4, 0.5) is 5.69 Å². The van der Waals surface area contributed by atoms with Gasteiger partial charge in [0.05, 0.1) is 6.54 Å². The number of nitrogens with one attached hydrogen (secondary N) is 1. The summed E-state index contributed by atoms with van der Waals surface area (Å²) in [5, 5.41) is 2.98. The Kier molecular flexibility index (Phi) is 4.15. The number of nitrogens with zero attached hydrogens (tertiary/aromatic N) is 1. The van der Waals surface area contributed by atoms with E-state index in [-0.39, 0.29) is 5.91 Å². The quantitative estimate of drug-likeness (QED) is 0.868. The largest absolute Gasteiger partial charge is 0.325 e. The summed E-state index contributed by atoms with van der Waals surface area (Å²) in [7, 11) is 0. The number of amides is 1. The lowest BCUT2D eigenvalue weighted by Crippen LogP contribution is -2.36. The van der Waals surface area contributed by atoms with Gasteiger partial charge in [0.2, 0.25) is 5.91 Å². The fraction of sp³-hybridized carbons (Fsp3) is 0.500. The second kappa shape index (κ2) is 5.82. The van der Waals surface area contributed by atoms with Crippen LogP contribution in [0.15, 0.2) is 24.3 Å². The van der Waals surface area contributed by atoms with Crippen LogP contribution in [0.1, 0.15) is 24.8 Å². The number of likely N-dealkylation sites (tertiary alicyclic amines) is 1. The Labute approximate surface area is 103 Å². The van der Waals surface area contributed by atoms with Crippen LogP contribution in [0.3, 0.4) is 0 Å². The van der Waals surface area contributed by atoms with Gasteiger partial charge in [0.25, 0.3) is 0 Å². The lowest BCUT2D eigenvalue weighted by molar-refractivity contribution is -0.117. The van der Waals surface area contributed by atoms with Crippen LogP contribution < -0.4 is 5.32 Å². The number of carbonyl (C=O) groups is 1. The number of piperidine rings is 1. The second-order valence-corrected chi connectivity index (χ2v) is 4.70. The Morgan fingerprint density at radius 1 is 1.24 bits per heavy atom. The van der Waals surface area contributed by atoms with Crippen LogP contribution in [-0.2, 0) is 4.79 Å². The topological polar surface area (TPSA) is 32.3 Å². The smallest absolute Gasteiger partial charge is 0.238 e. The lowest BCUT2D eigenvalue weighted by atomic mass is 10.1. The van der Waals surface area contributed by atoms with Gasteiger partial charge in [-0.1, -0.05) is 24.6 Å². The Hall–Kier alpha value is -1.35. The van der Waals surface area contributed by atoms with E-state index in [9.17, 15) is 4.79 Å². The van der Waals surface area contributed by atoms with E-state index in [1.807, 2.05) is 31.2 Å². The Balaban J connectivity index is 1.86. The van der Waals surface area contributed by atoms with Crippen molar-refractivity contribution in [1.29, 1.82) is 0 Å². The third kappa shape index (κ3) is 3.56. The molecule has 0 unspecified atom stereocenters. The minimum atomic E-state index is 0.0983. The molecule has 1 N–H and O–H groups in total. The van der Waals surface area contributed by atoms with Crippen LogP contribution in [0.25, 0.3) is 0 Å². The lowest BCUT2D eigenvalue weighted by Gasteiger charge is -2.25. The number of aryl methyl sites for hydroxylation is 1. The zero-order valence-corrected chi connectivity index (χ0v) is 10.4. The number of hydrogen-bond acceptors (Lipinski definition) is 2. The summed E-state index contributed by atoms with van der Waals surface area (Å²) in [4.78, 5) is 14.1. The molecule has 1 heterocycles. The number of rotatable bonds is 3. The second-order valence-electron chi connectivity index (χ2n) is 4.70. The van der Waals surface area contributed by atoms with E-state index < -0.39 is 0 Å². The molecule has 3 nitrogen and oxygen atoms in total. The van der Waals surface area contributed by atoms with Gasteiger partial charge in [0, 0.05) is 5.69 Å². The van der Waals surface area contributed by atoms with Crippen molar-refractivity contribution in [1.82, 2.24) is 4.90 Å². The molecule has 0 spiro atoms. The maximum Gasteiger partial charge on any atom is 0.238 e. The fourth-order valence-electron chi connectivity index (χ4n) is 2.22. The molecule has 3 heteroatoms. The van der Waals surface area contributed by atoms with Crippen LogP contribution in [0.2, 0.25) is 0 Å². The first-order valence-electron chi connectivity index (χ1n) is 6.33. The van der Waals surface area contributed by atoms with E-state index in [0.29, 0.717) is 6.54 Å². The van der Waals surface area contributed by atoms with E-state index in [4.69, 9.17) is 0 Å². The molecule has 1 fully saturated rings. The van der Waals surface area contributed by atoms with Crippen molar-refractivity contribution in [3.05, 3.63) is 29.8 Å². The number of benzene rings is 1. The molecule has 0 aromatic heterocycles. The molecule has 1 aromatic carbocycles. The van der Waals surface area contributed by atoms with Crippen molar-refractivity contribution in [2.24, 2.45) is 0 Å². The SMILES string of the molecule is Cc1ccccc1NC(=O)CN1CCCCC1. The highest BCUT2D eigenvalue weighted by Crippen LogP contribution is 2.13. The van der Waals surface area contributed by atoms with E-state index in [1.165, 1.54) is 19.3 Å². The summed E-state index contributed by atoms with van der Waals surface area (Å²) in [6.45, 7) is 4.65. The first kappa shape index (κ1) is 12.1. The zero-order chi connectivity index (χ0) is 12.1. The third-order valence-corrected chi connectivity index (χ3v) is 3.24. The normalized spacial score (nSPS) is 16.8. The van der Waals surface area contributed by atoms with Gasteiger partial charge in [-0.2, -0.15) is 0 Å². The van der Waals surface area contributed by atoms with Gasteiger partial charge < -0.3 is 5.32 Å². The Morgan fingerprint density at radius 3 is 2.65 bits per heavy atom. The molecular formula is C14H20N2O. The molecule has 1 aliphatic rings. The standard InChI is InChI=1S/C14H20N2O/c1-12-7-3-4-8-13(12)15-14(17)11-16-9-5-2-6-10-16/h3-4,7-8H,2,5-6,9-11H2,1H3,(H,15,17). The summed E-state index contributed by atoms with van der Waals surface area (Å²) in [5.41, 5.74) is 2.04. The molecule has 1 aromatic rings. The van der Waals surface area contributed by atoms with E-state index >= 15 is 0 Å². The van der Waals surface area contributed by atoms with Crippen molar-refractivity contribution in [3.8, 4) is 0 Å². The van der Waals surface area contributed by atoms with Crippen molar-refractivity contribution >= 4 is 11.6 Å². The molecule has 1 aliphatic heterocycles. The van der Waals surface area contributed by atoms with Gasteiger partial charge >= 0.3 is 0 Å². The van der Waals surface area contributed by atoms with Crippen molar-refractivity contribution in [2.45, 2.75) is 26.2 Å². The van der Waals surface area contributed by atoms with Gasteiger partial charge in [-0.3, -0.25) is 9.69 Å². The van der Waals surface area contributed by atoms with E-state index in [1.54, 1.807) is 0 Å². The van der Waals surface area contributed by atoms with E-state index in [0.717, 1.165) is 24.3 Å². The zero-order valence-electron chi connectivity index (χ0n) is 10.4.